The zero-order valence-electron chi connectivity index (χ0n) is 7.40. The van der Waals surface area contributed by atoms with Crippen LogP contribution in [0.2, 0.25) is 0 Å². The van der Waals surface area contributed by atoms with Crippen LogP contribution in [-0.2, 0) is 17.9 Å². The van der Waals surface area contributed by atoms with Crippen molar-refractivity contribution in [3.05, 3.63) is 11.6 Å². The Hall–Kier alpha value is -1.41. The average Bonchev–Trinajstić information content (AvgIpc) is 2.60. The summed E-state index contributed by atoms with van der Waals surface area (Å²) in [5.41, 5.74) is 0. The van der Waals surface area contributed by atoms with E-state index < -0.39 is 0 Å². The van der Waals surface area contributed by atoms with Crippen LogP contribution >= 0.6 is 0 Å². The van der Waals surface area contributed by atoms with Gasteiger partial charge >= 0.3 is 0 Å². The number of rotatable bonds is 1. The van der Waals surface area contributed by atoms with Crippen molar-refractivity contribution in [1.82, 2.24) is 14.8 Å². The molecule has 0 saturated carbocycles. The van der Waals surface area contributed by atoms with Crippen molar-refractivity contribution in [2.75, 3.05) is 6.61 Å². The Morgan fingerprint density at radius 3 is 3.23 bits per heavy atom. The molecular formula is C8H10N4O. The van der Waals surface area contributed by atoms with Gasteiger partial charge in [-0.25, -0.2) is 0 Å². The second kappa shape index (κ2) is 3.15. The average molecular weight is 178 g/mol. The van der Waals surface area contributed by atoms with Gasteiger partial charge in [0.2, 0.25) is 0 Å². The van der Waals surface area contributed by atoms with Gasteiger partial charge in [-0.2, -0.15) is 5.26 Å². The summed E-state index contributed by atoms with van der Waals surface area (Å²) in [5, 5.41) is 16.7. The van der Waals surface area contributed by atoms with Crippen LogP contribution < -0.4 is 0 Å². The van der Waals surface area contributed by atoms with Gasteiger partial charge in [-0.05, 0) is 6.92 Å². The maximum absolute atomic E-state index is 8.75. The topological polar surface area (TPSA) is 63.7 Å². The third-order valence-corrected chi connectivity index (χ3v) is 2.13. The van der Waals surface area contributed by atoms with Gasteiger partial charge in [0.25, 0.3) is 0 Å². The standard InChI is InChI=1S/C8H10N4O/c1-6(4-9)8-11-10-7-5-13-3-2-12(7)8/h6H,2-3,5H2,1H3. The second-order valence-electron chi connectivity index (χ2n) is 3.03. The van der Waals surface area contributed by atoms with Gasteiger partial charge in [-0.1, -0.05) is 0 Å². The van der Waals surface area contributed by atoms with E-state index in [1.54, 1.807) is 0 Å². The molecule has 1 aliphatic rings. The molecule has 5 heteroatoms. The van der Waals surface area contributed by atoms with E-state index in [0.717, 1.165) is 18.2 Å². The van der Waals surface area contributed by atoms with E-state index in [1.165, 1.54) is 0 Å². The summed E-state index contributed by atoms with van der Waals surface area (Å²) in [6, 6.07) is 2.15. The number of hydrogen-bond acceptors (Lipinski definition) is 4. The predicted octanol–water partition coefficient (Wildman–Crippen LogP) is 0.435. The van der Waals surface area contributed by atoms with E-state index in [4.69, 9.17) is 10.00 Å². The van der Waals surface area contributed by atoms with E-state index in [0.29, 0.717) is 13.2 Å². The fourth-order valence-corrected chi connectivity index (χ4v) is 1.40. The number of hydrogen-bond donors (Lipinski definition) is 0. The molecule has 1 aliphatic heterocycles. The summed E-state index contributed by atoms with van der Waals surface area (Å²) in [6.45, 7) is 3.76. The molecule has 1 unspecified atom stereocenters. The first-order valence-electron chi connectivity index (χ1n) is 4.22. The third-order valence-electron chi connectivity index (χ3n) is 2.13. The quantitative estimate of drug-likeness (QED) is 0.625. The maximum Gasteiger partial charge on any atom is 0.159 e. The van der Waals surface area contributed by atoms with Crippen molar-refractivity contribution < 1.29 is 4.74 Å². The second-order valence-corrected chi connectivity index (χ2v) is 3.03. The van der Waals surface area contributed by atoms with Crippen LogP contribution in [-0.4, -0.2) is 21.4 Å². The Kier molecular flexibility index (Phi) is 1.99. The van der Waals surface area contributed by atoms with Gasteiger partial charge in [0.1, 0.15) is 18.3 Å². The lowest BCUT2D eigenvalue weighted by Gasteiger charge is -2.15. The Labute approximate surface area is 75.9 Å². The van der Waals surface area contributed by atoms with Crippen LogP contribution in [0.3, 0.4) is 0 Å². The molecule has 1 aromatic rings. The lowest BCUT2D eigenvalue weighted by Crippen LogP contribution is -2.19. The predicted molar refractivity (Wildman–Crippen MR) is 43.7 cm³/mol. The fraction of sp³-hybridized carbons (Fsp3) is 0.625. The van der Waals surface area contributed by atoms with E-state index in [-0.39, 0.29) is 5.92 Å². The minimum absolute atomic E-state index is 0.195. The van der Waals surface area contributed by atoms with Crippen molar-refractivity contribution in [1.29, 1.82) is 5.26 Å². The molecule has 5 nitrogen and oxygen atoms in total. The molecule has 1 atom stereocenters. The minimum Gasteiger partial charge on any atom is -0.372 e. The van der Waals surface area contributed by atoms with Gasteiger partial charge in [0, 0.05) is 6.54 Å². The largest absolute Gasteiger partial charge is 0.372 e. The molecule has 0 fully saturated rings. The Balaban J connectivity index is 2.38. The summed E-state index contributed by atoms with van der Waals surface area (Å²) in [4.78, 5) is 0. The zero-order chi connectivity index (χ0) is 9.26. The molecule has 0 saturated heterocycles. The molecule has 0 radical (unpaired) electrons. The van der Waals surface area contributed by atoms with Crippen molar-refractivity contribution in [2.24, 2.45) is 0 Å². The highest BCUT2D eigenvalue weighted by molar-refractivity contribution is 5.09. The van der Waals surface area contributed by atoms with Crippen LogP contribution in [0.4, 0.5) is 0 Å². The summed E-state index contributed by atoms with van der Waals surface area (Å²) < 4.78 is 7.19. The van der Waals surface area contributed by atoms with Crippen molar-refractivity contribution in [3.8, 4) is 6.07 Å². The van der Waals surface area contributed by atoms with E-state index in [9.17, 15) is 0 Å². The van der Waals surface area contributed by atoms with Gasteiger partial charge < -0.3 is 9.30 Å². The first-order chi connectivity index (χ1) is 6.33. The van der Waals surface area contributed by atoms with Crippen LogP contribution in [0, 0.1) is 11.3 Å². The highest BCUT2D eigenvalue weighted by Gasteiger charge is 2.19. The van der Waals surface area contributed by atoms with Crippen LogP contribution in [0.1, 0.15) is 24.5 Å². The SMILES string of the molecule is CC(C#N)c1nnc2n1CCOC2. The maximum atomic E-state index is 8.75. The van der Waals surface area contributed by atoms with Gasteiger partial charge in [0.05, 0.1) is 12.7 Å². The van der Waals surface area contributed by atoms with Gasteiger partial charge in [0.15, 0.2) is 5.82 Å². The Morgan fingerprint density at radius 1 is 1.62 bits per heavy atom. The fourth-order valence-electron chi connectivity index (χ4n) is 1.40. The first-order valence-corrected chi connectivity index (χ1v) is 4.22. The van der Waals surface area contributed by atoms with E-state index in [1.807, 2.05) is 11.5 Å². The van der Waals surface area contributed by atoms with E-state index in [2.05, 4.69) is 16.3 Å². The van der Waals surface area contributed by atoms with Crippen LogP contribution in [0.15, 0.2) is 0 Å². The number of nitriles is 1. The van der Waals surface area contributed by atoms with Gasteiger partial charge in [-0.3, -0.25) is 0 Å². The molecule has 0 N–H and O–H groups in total. The zero-order valence-corrected chi connectivity index (χ0v) is 7.40. The van der Waals surface area contributed by atoms with E-state index >= 15 is 0 Å². The molecule has 1 aromatic heterocycles. The normalized spacial score (nSPS) is 17.5. The molecule has 2 rings (SSSR count). The summed E-state index contributed by atoms with van der Waals surface area (Å²) in [7, 11) is 0. The monoisotopic (exact) mass is 178 g/mol. The summed E-state index contributed by atoms with van der Waals surface area (Å²) in [5.74, 6) is 1.38. The highest BCUT2D eigenvalue weighted by Crippen LogP contribution is 2.16. The third kappa shape index (κ3) is 1.29. The van der Waals surface area contributed by atoms with Crippen LogP contribution in [0.5, 0.6) is 0 Å². The summed E-state index contributed by atoms with van der Waals surface area (Å²) >= 11 is 0. The molecular weight excluding hydrogens is 168 g/mol. The van der Waals surface area contributed by atoms with Crippen molar-refractivity contribution in [3.63, 3.8) is 0 Å². The lowest BCUT2D eigenvalue weighted by atomic mass is 10.2. The lowest BCUT2D eigenvalue weighted by molar-refractivity contribution is 0.0805. The minimum atomic E-state index is -0.195. The van der Waals surface area contributed by atoms with Crippen LogP contribution in [0.25, 0.3) is 0 Å². The number of fused-ring (bicyclic) bond motifs is 1. The first kappa shape index (κ1) is 8.20. The highest BCUT2D eigenvalue weighted by atomic mass is 16.5. The van der Waals surface area contributed by atoms with Gasteiger partial charge in [-0.15, -0.1) is 10.2 Å². The number of nitrogens with zero attached hydrogens (tertiary/aromatic N) is 4. The molecule has 2 heterocycles. The molecule has 13 heavy (non-hydrogen) atoms. The molecule has 0 aliphatic carbocycles. The molecule has 0 aromatic carbocycles. The Morgan fingerprint density at radius 2 is 2.46 bits per heavy atom. The van der Waals surface area contributed by atoms with Crippen molar-refractivity contribution >= 4 is 0 Å². The number of ether oxygens (including phenoxy) is 1. The molecule has 0 spiro atoms. The molecule has 0 amide bonds. The van der Waals surface area contributed by atoms with Crippen molar-refractivity contribution in [2.45, 2.75) is 26.0 Å². The Bertz CT molecular complexity index is 352. The smallest absolute Gasteiger partial charge is 0.159 e. The summed E-state index contributed by atoms with van der Waals surface area (Å²) in [6.07, 6.45) is 0. The number of aromatic nitrogens is 3. The molecule has 0 bridgehead atoms. The molecule has 68 valence electrons.